The monoisotopic (exact) mass is 482 g/mol. The van der Waals surface area contributed by atoms with Gasteiger partial charge in [0.25, 0.3) is 0 Å². The lowest BCUT2D eigenvalue weighted by atomic mass is 10.1. The standard InChI is InChI=1S/C17H18F4N4.HI/c1-11-3-4-12(8-23-11)9-24-16(22-2)25-10-13-5-6-14(18)7-15(13)17(19,20)21;/h3-8H,9-10H2,1-2H3,(H2,22,24,25);1H. The highest BCUT2D eigenvalue weighted by molar-refractivity contribution is 14.0. The molecule has 9 heteroatoms. The fraction of sp³-hybridized carbons (Fsp3) is 0.294. The summed E-state index contributed by atoms with van der Waals surface area (Å²) in [4.78, 5) is 8.13. The van der Waals surface area contributed by atoms with Gasteiger partial charge in [0.1, 0.15) is 5.82 Å². The van der Waals surface area contributed by atoms with E-state index in [1.807, 2.05) is 19.1 Å². The van der Waals surface area contributed by atoms with Crippen LogP contribution < -0.4 is 10.6 Å². The molecule has 1 aromatic carbocycles. The van der Waals surface area contributed by atoms with Gasteiger partial charge in [0.05, 0.1) is 5.56 Å². The molecule has 0 unspecified atom stereocenters. The summed E-state index contributed by atoms with van der Waals surface area (Å²) < 4.78 is 52.1. The number of pyridine rings is 1. The molecule has 142 valence electrons. The maximum Gasteiger partial charge on any atom is 0.416 e. The van der Waals surface area contributed by atoms with Crippen LogP contribution in [0.25, 0.3) is 0 Å². The van der Waals surface area contributed by atoms with E-state index >= 15 is 0 Å². The number of rotatable bonds is 4. The Hall–Kier alpha value is -1.91. The van der Waals surface area contributed by atoms with Crippen LogP contribution in [0.1, 0.15) is 22.4 Å². The molecule has 0 atom stereocenters. The van der Waals surface area contributed by atoms with Crippen LogP contribution in [-0.2, 0) is 19.3 Å². The van der Waals surface area contributed by atoms with E-state index in [1.54, 1.807) is 6.20 Å². The number of aromatic nitrogens is 1. The van der Waals surface area contributed by atoms with Crippen LogP contribution >= 0.6 is 24.0 Å². The van der Waals surface area contributed by atoms with Gasteiger partial charge in [-0.05, 0) is 36.2 Å². The molecular formula is C17H19F4IN4. The van der Waals surface area contributed by atoms with Crippen molar-refractivity contribution in [3.63, 3.8) is 0 Å². The summed E-state index contributed by atoms with van der Waals surface area (Å²) >= 11 is 0. The number of alkyl halides is 3. The third kappa shape index (κ3) is 6.43. The molecule has 2 rings (SSSR count). The van der Waals surface area contributed by atoms with Gasteiger partial charge in [0.2, 0.25) is 0 Å². The highest BCUT2D eigenvalue weighted by atomic mass is 127. The molecule has 0 spiro atoms. The van der Waals surface area contributed by atoms with Gasteiger partial charge < -0.3 is 10.6 Å². The minimum atomic E-state index is -4.62. The highest BCUT2D eigenvalue weighted by Crippen LogP contribution is 2.32. The predicted molar refractivity (Wildman–Crippen MR) is 103 cm³/mol. The van der Waals surface area contributed by atoms with Crippen molar-refractivity contribution >= 4 is 29.9 Å². The van der Waals surface area contributed by atoms with E-state index in [0.29, 0.717) is 18.6 Å². The summed E-state index contributed by atoms with van der Waals surface area (Å²) in [7, 11) is 1.51. The topological polar surface area (TPSA) is 49.3 Å². The first-order valence-electron chi connectivity index (χ1n) is 7.51. The van der Waals surface area contributed by atoms with Gasteiger partial charge in [0, 0.05) is 32.0 Å². The van der Waals surface area contributed by atoms with Crippen LogP contribution in [0.15, 0.2) is 41.5 Å². The van der Waals surface area contributed by atoms with Crippen LogP contribution in [0.5, 0.6) is 0 Å². The van der Waals surface area contributed by atoms with E-state index in [2.05, 4.69) is 20.6 Å². The van der Waals surface area contributed by atoms with Crippen molar-refractivity contribution in [2.45, 2.75) is 26.2 Å². The van der Waals surface area contributed by atoms with Crippen molar-refractivity contribution in [2.75, 3.05) is 7.05 Å². The molecule has 2 N–H and O–H groups in total. The number of aliphatic imine (C=N–C) groups is 1. The van der Waals surface area contributed by atoms with Crippen molar-refractivity contribution in [1.82, 2.24) is 15.6 Å². The first-order valence-corrected chi connectivity index (χ1v) is 7.51. The quantitative estimate of drug-likeness (QED) is 0.300. The summed E-state index contributed by atoms with van der Waals surface area (Å²) in [5, 5.41) is 5.78. The van der Waals surface area contributed by atoms with Crippen molar-refractivity contribution < 1.29 is 17.6 Å². The molecule has 0 radical (unpaired) electrons. The number of halogens is 5. The third-order valence-electron chi connectivity index (χ3n) is 3.48. The van der Waals surface area contributed by atoms with Gasteiger partial charge in [-0.1, -0.05) is 12.1 Å². The summed E-state index contributed by atoms with van der Waals surface area (Å²) in [6, 6.07) is 6.36. The highest BCUT2D eigenvalue weighted by Gasteiger charge is 2.33. The lowest BCUT2D eigenvalue weighted by molar-refractivity contribution is -0.138. The van der Waals surface area contributed by atoms with Crippen molar-refractivity contribution in [2.24, 2.45) is 4.99 Å². The molecule has 0 aliphatic heterocycles. The van der Waals surface area contributed by atoms with Crippen LogP contribution in [-0.4, -0.2) is 18.0 Å². The number of guanidine groups is 1. The molecule has 0 aliphatic carbocycles. The number of hydrogen-bond acceptors (Lipinski definition) is 2. The number of nitrogens with one attached hydrogen (secondary N) is 2. The lowest BCUT2D eigenvalue weighted by Gasteiger charge is -2.16. The van der Waals surface area contributed by atoms with E-state index in [0.717, 1.165) is 23.4 Å². The smallest absolute Gasteiger partial charge is 0.352 e. The van der Waals surface area contributed by atoms with Crippen LogP contribution in [0.2, 0.25) is 0 Å². The Balaban J connectivity index is 0.00000338. The number of nitrogens with zero attached hydrogens (tertiary/aromatic N) is 2. The zero-order valence-electron chi connectivity index (χ0n) is 14.2. The minimum absolute atomic E-state index is 0. The van der Waals surface area contributed by atoms with Gasteiger partial charge in [-0.15, -0.1) is 24.0 Å². The van der Waals surface area contributed by atoms with Gasteiger partial charge >= 0.3 is 6.18 Å². The third-order valence-corrected chi connectivity index (χ3v) is 3.48. The zero-order valence-corrected chi connectivity index (χ0v) is 16.5. The molecular weight excluding hydrogens is 463 g/mol. The van der Waals surface area contributed by atoms with E-state index in [4.69, 9.17) is 0 Å². The Morgan fingerprint density at radius 3 is 2.38 bits per heavy atom. The second-order valence-electron chi connectivity index (χ2n) is 5.39. The molecule has 26 heavy (non-hydrogen) atoms. The summed E-state index contributed by atoms with van der Waals surface area (Å²) in [5.74, 6) is -0.594. The molecule has 1 heterocycles. The predicted octanol–water partition coefficient (Wildman–Crippen LogP) is 4.03. The van der Waals surface area contributed by atoms with E-state index in [1.165, 1.54) is 7.05 Å². The van der Waals surface area contributed by atoms with E-state index in [-0.39, 0.29) is 36.1 Å². The van der Waals surface area contributed by atoms with Gasteiger partial charge in [0.15, 0.2) is 5.96 Å². The molecule has 0 saturated heterocycles. The van der Waals surface area contributed by atoms with Crippen molar-refractivity contribution in [3.8, 4) is 0 Å². The molecule has 0 amide bonds. The largest absolute Gasteiger partial charge is 0.416 e. The Morgan fingerprint density at radius 2 is 1.81 bits per heavy atom. The molecule has 0 bridgehead atoms. The van der Waals surface area contributed by atoms with Crippen molar-refractivity contribution in [3.05, 3.63) is 64.7 Å². The molecule has 0 aliphatic rings. The molecule has 0 saturated carbocycles. The van der Waals surface area contributed by atoms with Crippen LogP contribution in [0.4, 0.5) is 17.6 Å². The zero-order chi connectivity index (χ0) is 18.4. The van der Waals surface area contributed by atoms with Crippen LogP contribution in [0, 0.1) is 12.7 Å². The number of aryl methyl sites for hydroxylation is 1. The normalized spacial score (nSPS) is 11.7. The Morgan fingerprint density at radius 1 is 1.12 bits per heavy atom. The van der Waals surface area contributed by atoms with E-state index < -0.39 is 17.6 Å². The van der Waals surface area contributed by atoms with Gasteiger partial charge in [-0.25, -0.2) is 4.39 Å². The molecule has 1 aromatic heterocycles. The van der Waals surface area contributed by atoms with Gasteiger partial charge in [-0.3, -0.25) is 9.98 Å². The first kappa shape index (κ1) is 22.1. The number of hydrogen-bond donors (Lipinski definition) is 2. The van der Waals surface area contributed by atoms with E-state index in [9.17, 15) is 17.6 Å². The maximum atomic E-state index is 13.1. The second kappa shape index (κ2) is 9.70. The summed E-state index contributed by atoms with van der Waals surface area (Å²) in [6.07, 6.45) is -2.92. The first-order chi connectivity index (χ1) is 11.8. The average molecular weight is 482 g/mol. The lowest BCUT2D eigenvalue weighted by Crippen LogP contribution is -2.36. The molecule has 4 nitrogen and oxygen atoms in total. The Bertz CT molecular complexity index is 745. The fourth-order valence-electron chi connectivity index (χ4n) is 2.16. The summed E-state index contributed by atoms with van der Waals surface area (Å²) in [6.45, 7) is 2.15. The summed E-state index contributed by atoms with van der Waals surface area (Å²) in [5.41, 5.74) is 0.737. The van der Waals surface area contributed by atoms with Gasteiger partial charge in [-0.2, -0.15) is 13.2 Å². The number of benzene rings is 1. The molecule has 2 aromatic rings. The average Bonchev–Trinajstić information content (AvgIpc) is 2.56. The molecule has 0 fully saturated rings. The Labute approximate surface area is 166 Å². The van der Waals surface area contributed by atoms with Crippen molar-refractivity contribution in [1.29, 1.82) is 0 Å². The maximum absolute atomic E-state index is 13.1. The second-order valence-corrected chi connectivity index (χ2v) is 5.39. The Kier molecular flexibility index (Phi) is 8.25. The fourth-order valence-corrected chi connectivity index (χ4v) is 2.16. The minimum Gasteiger partial charge on any atom is -0.352 e. The van der Waals surface area contributed by atoms with Crippen LogP contribution in [0.3, 0.4) is 0 Å². The SMILES string of the molecule is CN=C(NCc1ccc(C)nc1)NCc1ccc(F)cc1C(F)(F)F.I.